The lowest BCUT2D eigenvalue weighted by atomic mass is 10.3. The van der Waals surface area contributed by atoms with Gasteiger partial charge in [-0.05, 0) is 13.2 Å². The molecule has 0 saturated heterocycles. The van der Waals surface area contributed by atoms with Crippen LogP contribution in [0.2, 0.25) is 0 Å². The molecule has 0 aliphatic heterocycles. The van der Waals surface area contributed by atoms with E-state index in [0.717, 1.165) is 23.7 Å². The Kier molecular flexibility index (Phi) is 4.64. The van der Waals surface area contributed by atoms with E-state index in [1.165, 1.54) is 0 Å². The van der Waals surface area contributed by atoms with E-state index < -0.39 is 0 Å². The minimum Gasteiger partial charge on any atom is -0.358 e. The van der Waals surface area contributed by atoms with Crippen LogP contribution >= 0.6 is 11.8 Å². The summed E-state index contributed by atoms with van der Waals surface area (Å²) >= 11 is 1.82. The van der Waals surface area contributed by atoms with E-state index in [4.69, 9.17) is 5.84 Å². The molecule has 1 rings (SSSR count). The van der Waals surface area contributed by atoms with E-state index in [2.05, 4.69) is 26.5 Å². The minimum absolute atomic E-state index is 0.451. The lowest BCUT2D eigenvalue weighted by Crippen LogP contribution is -2.23. The lowest BCUT2D eigenvalue weighted by Gasteiger charge is -2.19. The molecule has 15 heavy (non-hydrogen) atoms. The Hall–Kier alpha value is -1.01. The zero-order chi connectivity index (χ0) is 11.3. The lowest BCUT2D eigenvalue weighted by molar-refractivity contribution is 0.924. The zero-order valence-corrected chi connectivity index (χ0v) is 10.1. The Morgan fingerprint density at radius 2 is 2.33 bits per heavy atom. The number of nitrogens with one attached hydrogen (secondary N) is 1. The number of hydrogen-bond donors (Lipinski definition) is 2. The molecule has 0 amide bonds. The highest BCUT2D eigenvalue weighted by Gasteiger charge is 2.07. The van der Waals surface area contributed by atoms with Crippen LogP contribution < -0.4 is 16.2 Å². The Bertz CT molecular complexity index is 317. The van der Waals surface area contributed by atoms with Crippen molar-refractivity contribution < 1.29 is 0 Å². The van der Waals surface area contributed by atoms with E-state index in [0.29, 0.717) is 5.95 Å². The summed E-state index contributed by atoms with van der Waals surface area (Å²) in [5.74, 6) is 7.72. The molecular formula is C9H17N5S. The van der Waals surface area contributed by atoms with Crippen molar-refractivity contribution in [2.45, 2.75) is 6.92 Å². The van der Waals surface area contributed by atoms with Crippen LogP contribution in [-0.4, -0.2) is 35.6 Å². The predicted molar refractivity (Wildman–Crippen MR) is 66.2 cm³/mol. The second kappa shape index (κ2) is 5.77. The second-order valence-electron chi connectivity index (χ2n) is 3.26. The van der Waals surface area contributed by atoms with Crippen LogP contribution in [0.3, 0.4) is 0 Å². The SMILES string of the molecule is CSCCN(C)c1nc(NN)ncc1C. The topological polar surface area (TPSA) is 67.1 Å². The van der Waals surface area contributed by atoms with Crippen LogP contribution in [0.4, 0.5) is 11.8 Å². The number of thioether (sulfide) groups is 1. The summed E-state index contributed by atoms with van der Waals surface area (Å²) in [5, 5.41) is 0. The molecule has 1 aromatic heterocycles. The van der Waals surface area contributed by atoms with Crippen molar-refractivity contribution in [3.05, 3.63) is 11.8 Å². The van der Waals surface area contributed by atoms with Crippen LogP contribution in [0, 0.1) is 6.92 Å². The zero-order valence-electron chi connectivity index (χ0n) is 9.32. The number of rotatable bonds is 5. The average Bonchev–Trinajstić information content (AvgIpc) is 2.26. The van der Waals surface area contributed by atoms with Gasteiger partial charge in [-0.15, -0.1) is 0 Å². The highest BCUT2D eigenvalue weighted by Crippen LogP contribution is 2.16. The maximum absolute atomic E-state index is 5.27. The van der Waals surface area contributed by atoms with Gasteiger partial charge >= 0.3 is 0 Å². The number of hydrogen-bond acceptors (Lipinski definition) is 6. The summed E-state index contributed by atoms with van der Waals surface area (Å²) in [7, 11) is 2.02. The molecular weight excluding hydrogens is 210 g/mol. The van der Waals surface area contributed by atoms with Crippen molar-refractivity contribution in [2.24, 2.45) is 5.84 Å². The van der Waals surface area contributed by atoms with Crippen molar-refractivity contribution in [1.82, 2.24) is 9.97 Å². The minimum atomic E-state index is 0.451. The number of hydrazine groups is 1. The number of aryl methyl sites for hydroxylation is 1. The maximum Gasteiger partial charge on any atom is 0.239 e. The Labute approximate surface area is 94.4 Å². The van der Waals surface area contributed by atoms with Crippen LogP contribution in [0.25, 0.3) is 0 Å². The Morgan fingerprint density at radius 1 is 1.60 bits per heavy atom. The first-order valence-corrected chi connectivity index (χ1v) is 6.08. The van der Waals surface area contributed by atoms with Gasteiger partial charge in [-0.1, -0.05) is 0 Å². The van der Waals surface area contributed by atoms with Crippen LogP contribution in [0.5, 0.6) is 0 Å². The molecule has 0 radical (unpaired) electrons. The van der Waals surface area contributed by atoms with Crippen molar-refractivity contribution in [1.29, 1.82) is 0 Å². The highest BCUT2D eigenvalue weighted by atomic mass is 32.2. The van der Waals surface area contributed by atoms with Gasteiger partial charge in [0, 0.05) is 31.1 Å². The van der Waals surface area contributed by atoms with Gasteiger partial charge in [-0.3, -0.25) is 5.43 Å². The van der Waals surface area contributed by atoms with E-state index in [-0.39, 0.29) is 0 Å². The standard InChI is InChI=1S/C9H17N5S/c1-7-6-11-9(13-10)12-8(7)14(2)4-5-15-3/h6H,4-5,10H2,1-3H3,(H,11,12,13). The molecule has 1 heterocycles. The summed E-state index contributed by atoms with van der Waals surface area (Å²) < 4.78 is 0. The Morgan fingerprint density at radius 3 is 2.93 bits per heavy atom. The normalized spacial score (nSPS) is 10.1. The molecule has 6 heteroatoms. The molecule has 0 bridgehead atoms. The fraction of sp³-hybridized carbons (Fsp3) is 0.556. The third-order valence-electron chi connectivity index (χ3n) is 2.07. The third-order valence-corrected chi connectivity index (χ3v) is 2.66. The van der Waals surface area contributed by atoms with Gasteiger partial charge in [0.2, 0.25) is 5.95 Å². The van der Waals surface area contributed by atoms with Gasteiger partial charge < -0.3 is 4.90 Å². The molecule has 84 valence electrons. The first-order chi connectivity index (χ1) is 7.19. The van der Waals surface area contributed by atoms with E-state index in [9.17, 15) is 0 Å². The average molecular weight is 227 g/mol. The molecule has 0 fully saturated rings. The number of nitrogens with zero attached hydrogens (tertiary/aromatic N) is 3. The van der Waals surface area contributed by atoms with E-state index >= 15 is 0 Å². The monoisotopic (exact) mass is 227 g/mol. The van der Waals surface area contributed by atoms with Gasteiger partial charge in [0.15, 0.2) is 0 Å². The summed E-state index contributed by atoms with van der Waals surface area (Å²) in [6.45, 7) is 2.95. The number of nitrogens with two attached hydrogens (primary N) is 1. The number of aromatic nitrogens is 2. The molecule has 1 aromatic rings. The molecule has 0 aromatic carbocycles. The fourth-order valence-electron chi connectivity index (χ4n) is 1.22. The van der Waals surface area contributed by atoms with Crippen molar-refractivity contribution in [3.8, 4) is 0 Å². The van der Waals surface area contributed by atoms with Gasteiger partial charge in [-0.2, -0.15) is 16.7 Å². The van der Waals surface area contributed by atoms with Gasteiger partial charge in [0.1, 0.15) is 5.82 Å². The molecule has 5 nitrogen and oxygen atoms in total. The van der Waals surface area contributed by atoms with E-state index in [1.807, 2.05) is 25.7 Å². The van der Waals surface area contributed by atoms with Gasteiger partial charge in [0.05, 0.1) is 0 Å². The van der Waals surface area contributed by atoms with E-state index in [1.54, 1.807) is 6.20 Å². The van der Waals surface area contributed by atoms with Crippen molar-refractivity contribution in [3.63, 3.8) is 0 Å². The summed E-state index contributed by atoms with van der Waals surface area (Å²) in [6.07, 6.45) is 3.86. The highest BCUT2D eigenvalue weighted by molar-refractivity contribution is 7.98. The molecule has 0 aliphatic carbocycles. The molecule has 0 unspecified atom stereocenters. The third kappa shape index (κ3) is 3.24. The quantitative estimate of drug-likeness (QED) is 0.575. The predicted octanol–water partition coefficient (Wildman–Crippen LogP) is 0.870. The second-order valence-corrected chi connectivity index (χ2v) is 4.24. The van der Waals surface area contributed by atoms with Gasteiger partial charge in [0.25, 0.3) is 0 Å². The van der Waals surface area contributed by atoms with Gasteiger partial charge in [-0.25, -0.2) is 10.8 Å². The van der Waals surface area contributed by atoms with Crippen LogP contribution in [0.1, 0.15) is 5.56 Å². The fourth-order valence-corrected chi connectivity index (χ4v) is 1.68. The molecule has 3 N–H and O–H groups in total. The van der Waals surface area contributed by atoms with Crippen LogP contribution in [-0.2, 0) is 0 Å². The number of nitrogen functional groups attached to an aromatic ring is 1. The number of anilines is 2. The van der Waals surface area contributed by atoms with Crippen molar-refractivity contribution in [2.75, 3.05) is 35.9 Å². The smallest absolute Gasteiger partial charge is 0.239 e. The molecule has 0 aliphatic rings. The summed E-state index contributed by atoms with van der Waals surface area (Å²) in [4.78, 5) is 10.5. The Balaban J connectivity index is 2.81. The molecule has 0 saturated carbocycles. The summed E-state index contributed by atoms with van der Waals surface area (Å²) in [6, 6.07) is 0. The molecule has 0 spiro atoms. The maximum atomic E-state index is 5.27. The first kappa shape index (κ1) is 12.1. The molecule has 0 atom stereocenters. The largest absolute Gasteiger partial charge is 0.358 e. The summed E-state index contributed by atoms with van der Waals surface area (Å²) in [5.41, 5.74) is 3.50. The van der Waals surface area contributed by atoms with Crippen LogP contribution in [0.15, 0.2) is 6.20 Å². The first-order valence-electron chi connectivity index (χ1n) is 4.69. The van der Waals surface area contributed by atoms with Crippen molar-refractivity contribution >= 4 is 23.5 Å².